The van der Waals surface area contributed by atoms with E-state index < -0.39 is 4.92 Å². The topological polar surface area (TPSA) is 125 Å². The van der Waals surface area contributed by atoms with Gasteiger partial charge in [-0.15, -0.1) is 10.2 Å². The van der Waals surface area contributed by atoms with E-state index in [1.807, 2.05) is 48.5 Å². The van der Waals surface area contributed by atoms with Crippen molar-refractivity contribution < 1.29 is 14.5 Å². The van der Waals surface area contributed by atoms with E-state index in [2.05, 4.69) is 36.7 Å². The van der Waals surface area contributed by atoms with Crippen molar-refractivity contribution in [3.05, 3.63) is 98.5 Å². The van der Waals surface area contributed by atoms with Gasteiger partial charge >= 0.3 is 0 Å². The fourth-order valence-corrected chi connectivity index (χ4v) is 4.21. The third-order valence-corrected chi connectivity index (χ3v) is 6.65. The van der Waals surface area contributed by atoms with Crippen LogP contribution in [0, 0.1) is 10.1 Å². The minimum Gasteiger partial charge on any atom is -0.488 e. The standard InChI is InChI=1S/C25H21BrN6O4S/c1-31-24(18-6-4-7-21(13-18)32(34)35)29-30-25(31)37-16-23(33)28-27-14-19-5-2-3-8-22(19)36-15-17-9-11-20(26)12-10-17/h2-14H,15-16H2,1H3,(H,28,33)/b27-14+. The first-order valence-corrected chi connectivity index (χ1v) is 12.7. The van der Waals surface area contributed by atoms with Gasteiger partial charge in [-0.25, -0.2) is 5.43 Å². The number of nitro groups is 1. The van der Waals surface area contributed by atoms with Crippen molar-refractivity contribution >= 4 is 45.5 Å². The van der Waals surface area contributed by atoms with Gasteiger partial charge in [0.25, 0.3) is 11.6 Å². The molecule has 0 unspecified atom stereocenters. The Labute approximate surface area is 225 Å². The Balaban J connectivity index is 1.31. The summed E-state index contributed by atoms with van der Waals surface area (Å²) in [5.74, 6) is 0.837. The molecule has 10 nitrogen and oxygen atoms in total. The molecule has 4 aromatic rings. The van der Waals surface area contributed by atoms with E-state index in [0.29, 0.717) is 28.9 Å². The van der Waals surface area contributed by atoms with Gasteiger partial charge in [-0.1, -0.05) is 64.1 Å². The molecule has 3 aromatic carbocycles. The predicted molar refractivity (Wildman–Crippen MR) is 144 cm³/mol. The first-order valence-electron chi connectivity index (χ1n) is 11.0. The first-order chi connectivity index (χ1) is 17.9. The Kier molecular flexibility index (Phi) is 8.64. The molecule has 0 fully saturated rings. The third-order valence-electron chi connectivity index (χ3n) is 5.10. The monoisotopic (exact) mass is 580 g/mol. The Morgan fingerprint density at radius 2 is 1.95 bits per heavy atom. The van der Waals surface area contributed by atoms with Gasteiger partial charge < -0.3 is 9.30 Å². The maximum Gasteiger partial charge on any atom is 0.270 e. The highest BCUT2D eigenvalue weighted by Crippen LogP contribution is 2.25. The third kappa shape index (κ3) is 7.02. The van der Waals surface area contributed by atoms with Crippen LogP contribution in [0.2, 0.25) is 0 Å². The molecule has 0 aliphatic rings. The zero-order valence-electron chi connectivity index (χ0n) is 19.6. The number of ether oxygens (including phenoxy) is 1. The van der Waals surface area contributed by atoms with Crippen molar-refractivity contribution in [2.24, 2.45) is 12.1 Å². The van der Waals surface area contributed by atoms with Crippen LogP contribution in [0.25, 0.3) is 11.4 Å². The van der Waals surface area contributed by atoms with Crippen molar-refractivity contribution in [3.8, 4) is 17.1 Å². The van der Waals surface area contributed by atoms with Crippen LogP contribution in [0.15, 0.2) is 87.5 Å². The zero-order valence-corrected chi connectivity index (χ0v) is 22.0. The predicted octanol–water partition coefficient (Wildman–Crippen LogP) is 4.97. The maximum atomic E-state index is 12.3. The van der Waals surface area contributed by atoms with Gasteiger partial charge in [-0.3, -0.25) is 14.9 Å². The second-order valence-corrected chi connectivity index (χ2v) is 9.57. The molecule has 0 bridgehead atoms. The average molecular weight is 581 g/mol. The van der Waals surface area contributed by atoms with E-state index >= 15 is 0 Å². The Morgan fingerprint density at radius 3 is 2.73 bits per heavy atom. The van der Waals surface area contributed by atoms with Crippen LogP contribution in [-0.4, -0.2) is 37.6 Å². The summed E-state index contributed by atoms with van der Waals surface area (Å²) in [5, 5.41) is 23.8. The molecule has 0 radical (unpaired) electrons. The molecular formula is C25H21BrN6O4S. The van der Waals surface area contributed by atoms with Gasteiger partial charge in [0.1, 0.15) is 12.4 Å². The molecule has 0 saturated carbocycles. The second-order valence-electron chi connectivity index (χ2n) is 7.71. The minimum atomic E-state index is -0.465. The highest BCUT2D eigenvalue weighted by atomic mass is 79.9. The smallest absolute Gasteiger partial charge is 0.270 e. The van der Waals surface area contributed by atoms with Crippen molar-refractivity contribution in [3.63, 3.8) is 0 Å². The number of halogens is 1. The molecule has 1 aromatic heterocycles. The lowest BCUT2D eigenvalue weighted by molar-refractivity contribution is -0.384. The lowest BCUT2D eigenvalue weighted by Crippen LogP contribution is -2.20. The number of thioether (sulfide) groups is 1. The summed E-state index contributed by atoms with van der Waals surface area (Å²) in [4.78, 5) is 22.9. The Morgan fingerprint density at radius 1 is 1.16 bits per heavy atom. The number of hydrogen-bond donors (Lipinski definition) is 1. The number of carbonyl (C=O) groups excluding carboxylic acids is 1. The van der Waals surface area contributed by atoms with Crippen LogP contribution in [0.3, 0.4) is 0 Å². The molecule has 37 heavy (non-hydrogen) atoms. The highest BCUT2D eigenvalue weighted by molar-refractivity contribution is 9.10. The zero-order chi connectivity index (χ0) is 26.2. The molecule has 0 aliphatic heterocycles. The summed E-state index contributed by atoms with van der Waals surface area (Å²) >= 11 is 4.59. The molecule has 0 saturated heterocycles. The minimum absolute atomic E-state index is 0.0350. The number of amides is 1. The van der Waals surface area contributed by atoms with Gasteiger partial charge in [0, 0.05) is 34.8 Å². The molecule has 1 amide bonds. The summed E-state index contributed by atoms with van der Waals surface area (Å²) in [6.45, 7) is 0.400. The fourth-order valence-electron chi connectivity index (χ4n) is 3.25. The summed E-state index contributed by atoms with van der Waals surface area (Å²) < 4.78 is 8.60. The molecule has 12 heteroatoms. The van der Waals surface area contributed by atoms with E-state index in [4.69, 9.17) is 4.74 Å². The average Bonchev–Trinajstić information content (AvgIpc) is 3.28. The normalized spacial score (nSPS) is 11.0. The van der Waals surface area contributed by atoms with Crippen molar-refractivity contribution in [2.75, 3.05) is 5.75 Å². The number of para-hydroxylation sites is 1. The summed E-state index contributed by atoms with van der Waals surface area (Å²) in [6.07, 6.45) is 1.53. The van der Waals surface area contributed by atoms with E-state index in [1.54, 1.807) is 23.7 Å². The number of nitro benzene ring substituents is 1. The van der Waals surface area contributed by atoms with Gasteiger partial charge in [-0.2, -0.15) is 5.10 Å². The quantitative estimate of drug-likeness (QED) is 0.121. The molecule has 188 valence electrons. The summed E-state index contributed by atoms with van der Waals surface area (Å²) in [7, 11) is 1.73. The van der Waals surface area contributed by atoms with E-state index in [1.165, 1.54) is 30.1 Å². The maximum absolute atomic E-state index is 12.3. The summed E-state index contributed by atoms with van der Waals surface area (Å²) in [6, 6.07) is 21.4. The van der Waals surface area contributed by atoms with Crippen molar-refractivity contribution in [1.82, 2.24) is 20.2 Å². The van der Waals surface area contributed by atoms with Gasteiger partial charge in [0.2, 0.25) is 0 Å². The number of nitrogens with zero attached hydrogens (tertiary/aromatic N) is 5. The van der Waals surface area contributed by atoms with Crippen LogP contribution in [0.1, 0.15) is 11.1 Å². The van der Waals surface area contributed by atoms with Gasteiger partial charge in [-0.05, 0) is 29.8 Å². The fraction of sp³-hybridized carbons (Fsp3) is 0.120. The molecule has 1 heterocycles. The Bertz CT molecular complexity index is 1440. The van der Waals surface area contributed by atoms with Crippen LogP contribution in [0.4, 0.5) is 5.69 Å². The van der Waals surface area contributed by atoms with E-state index in [0.717, 1.165) is 15.6 Å². The first kappa shape index (κ1) is 26.0. The molecule has 0 aliphatic carbocycles. The van der Waals surface area contributed by atoms with E-state index in [9.17, 15) is 14.9 Å². The number of hydrogen-bond acceptors (Lipinski definition) is 8. The van der Waals surface area contributed by atoms with Gasteiger partial charge in [0.05, 0.1) is 16.9 Å². The van der Waals surface area contributed by atoms with Crippen LogP contribution >= 0.6 is 27.7 Å². The number of non-ortho nitro benzene ring substituents is 1. The molecule has 1 N–H and O–H groups in total. The molecule has 0 atom stereocenters. The largest absolute Gasteiger partial charge is 0.488 e. The van der Waals surface area contributed by atoms with Crippen LogP contribution in [0.5, 0.6) is 5.75 Å². The van der Waals surface area contributed by atoms with Crippen LogP contribution in [-0.2, 0) is 18.4 Å². The number of rotatable bonds is 10. The number of aromatic nitrogens is 3. The Hall–Kier alpha value is -4.03. The lowest BCUT2D eigenvalue weighted by Gasteiger charge is -2.09. The number of nitrogens with one attached hydrogen (secondary N) is 1. The SMILES string of the molecule is Cn1c(SCC(=O)N/N=C/c2ccccc2OCc2ccc(Br)cc2)nnc1-c1cccc([N+](=O)[O-])c1. The number of benzene rings is 3. The highest BCUT2D eigenvalue weighted by Gasteiger charge is 2.15. The lowest BCUT2D eigenvalue weighted by atomic mass is 10.2. The van der Waals surface area contributed by atoms with Crippen LogP contribution < -0.4 is 10.2 Å². The molecule has 4 rings (SSSR count). The van der Waals surface area contributed by atoms with E-state index in [-0.39, 0.29) is 17.3 Å². The number of carbonyl (C=O) groups is 1. The number of hydrazone groups is 1. The van der Waals surface area contributed by atoms with Crippen molar-refractivity contribution in [1.29, 1.82) is 0 Å². The molecular weight excluding hydrogens is 560 g/mol. The van der Waals surface area contributed by atoms with Crippen molar-refractivity contribution in [2.45, 2.75) is 11.8 Å². The second kappa shape index (κ2) is 12.3. The van der Waals surface area contributed by atoms with Gasteiger partial charge in [0.15, 0.2) is 11.0 Å². The summed E-state index contributed by atoms with van der Waals surface area (Å²) in [5.41, 5.74) is 4.78. The molecule has 0 spiro atoms.